The lowest BCUT2D eigenvalue weighted by Gasteiger charge is -2.16. The van der Waals surface area contributed by atoms with Gasteiger partial charge < -0.3 is 9.88 Å². The zero-order valence-corrected chi connectivity index (χ0v) is 10.3. The van der Waals surface area contributed by atoms with Gasteiger partial charge in [-0.15, -0.1) is 0 Å². The third kappa shape index (κ3) is 2.02. The first-order chi connectivity index (χ1) is 8.15. The Morgan fingerprint density at radius 2 is 2.00 bits per heavy atom. The van der Waals surface area contributed by atoms with Gasteiger partial charge in [0.05, 0.1) is 17.1 Å². The first-order valence-electron chi connectivity index (χ1n) is 5.81. The van der Waals surface area contributed by atoms with Crippen molar-refractivity contribution in [2.45, 2.75) is 32.9 Å². The summed E-state index contributed by atoms with van der Waals surface area (Å²) in [7, 11) is 0. The molecule has 0 aliphatic carbocycles. The normalized spacial score (nSPS) is 12.9. The Morgan fingerprint density at radius 1 is 1.29 bits per heavy atom. The first kappa shape index (κ1) is 11.6. The second-order valence-corrected chi connectivity index (χ2v) is 4.43. The van der Waals surface area contributed by atoms with E-state index in [9.17, 15) is 4.79 Å². The van der Waals surface area contributed by atoms with Crippen molar-refractivity contribution in [3.05, 3.63) is 30.1 Å². The van der Waals surface area contributed by atoms with Crippen molar-refractivity contribution < 1.29 is 4.79 Å². The molecule has 1 amide bonds. The molecule has 2 aromatic rings. The largest absolute Gasteiger partial charge is 0.349 e. The average molecular weight is 231 g/mol. The number of para-hydroxylation sites is 2. The molecule has 4 heteroatoms. The molecule has 2 rings (SSSR count). The predicted molar refractivity (Wildman–Crippen MR) is 67.7 cm³/mol. The van der Waals surface area contributed by atoms with Crippen molar-refractivity contribution >= 4 is 17.4 Å². The maximum absolute atomic E-state index is 10.5. The first-order valence-corrected chi connectivity index (χ1v) is 5.81. The number of aromatic nitrogens is 2. The fourth-order valence-corrected chi connectivity index (χ4v) is 2.09. The highest BCUT2D eigenvalue weighted by Gasteiger charge is 2.17. The SMILES string of the molecule is CC(NC=O)c1nc2ccccc2n1C(C)C. The standard InChI is InChI=1S/C13H17N3O/c1-9(2)16-12-7-5-4-6-11(12)15-13(16)10(3)14-8-17/h4-10H,1-3H3,(H,14,17). The molecule has 0 fully saturated rings. The van der Waals surface area contributed by atoms with Crippen molar-refractivity contribution in [3.8, 4) is 0 Å². The van der Waals surface area contributed by atoms with Crippen LogP contribution in [0.3, 0.4) is 0 Å². The van der Waals surface area contributed by atoms with E-state index in [1.807, 2.05) is 25.1 Å². The van der Waals surface area contributed by atoms with Crippen LogP contribution in [0.2, 0.25) is 0 Å². The maximum Gasteiger partial charge on any atom is 0.207 e. The molecule has 1 atom stereocenters. The zero-order valence-electron chi connectivity index (χ0n) is 10.3. The number of hydrogen-bond donors (Lipinski definition) is 1. The molecule has 0 radical (unpaired) electrons. The van der Waals surface area contributed by atoms with E-state index in [2.05, 4.69) is 34.8 Å². The van der Waals surface area contributed by atoms with E-state index in [4.69, 9.17) is 0 Å². The summed E-state index contributed by atoms with van der Waals surface area (Å²) in [5, 5.41) is 2.75. The topological polar surface area (TPSA) is 46.9 Å². The second kappa shape index (κ2) is 4.57. The monoisotopic (exact) mass is 231 g/mol. The second-order valence-electron chi connectivity index (χ2n) is 4.43. The Bertz CT molecular complexity index is 530. The van der Waals surface area contributed by atoms with Crippen molar-refractivity contribution in [2.75, 3.05) is 0 Å². The summed E-state index contributed by atoms with van der Waals surface area (Å²) in [6, 6.07) is 8.26. The van der Waals surface area contributed by atoms with Crippen molar-refractivity contribution in [1.29, 1.82) is 0 Å². The Balaban J connectivity index is 2.61. The lowest BCUT2D eigenvalue weighted by molar-refractivity contribution is -0.110. The van der Waals surface area contributed by atoms with Crippen LogP contribution in [0.4, 0.5) is 0 Å². The number of carbonyl (C=O) groups excluding carboxylic acids is 1. The molecule has 0 spiro atoms. The number of carbonyl (C=O) groups is 1. The van der Waals surface area contributed by atoms with Crippen LogP contribution in [0.1, 0.15) is 38.7 Å². The van der Waals surface area contributed by atoms with Crippen molar-refractivity contribution in [2.24, 2.45) is 0 Å². The molecule has 0 bridgehead atoms. The van der Waals surface area contributed by atoms with E-state index in [1.165, 1.54) is 0 Å². The van der Waals surface area contributed by atoms with E-state index in [0.717, 1.165) is 16.9 Å². The lowest BCUT2D eigenvalue weighted by Crippen LogP contribution is -2.21. The van der Waals surface area contributed by atoms with Crippen LogP contribution in [0.5, 0.6) is 0 Å². The van der Waals surface area contributed by atoms with Gasteiger partial charge in [-0.05, 0) is 32.9 Å². The van der Waals surface area contributed by atoms with Gasteiger partial charge in [-0.3, -0.25) is 4.79 Å². The summed E-state index contributed by atoms with van der Waals surface area (Å²) in [5.74, 6) is 0.897. The molecule has 1 N–H and O–H groups in total. The quantitative estimate of drug-likeness (QED) is 0.821. The van der Waals surface area contributed by atoms with Crippen LogP contribution in [-0.2, 0) is 4.79 Å². The number of nitrogens with one attached hydrogen (secondary N) is 1. The van der Waals surface area contributed by atoms with Crippen LogP contribution >= 0.6 is 0 Å². The molecular formula is C13H17N3O. The average Bonchev–Trinajstić information content (AvgIpc) is 2.68. The molecule has 0 saturated carbocycles. The van der Waals surface area contributed by atoms with Gasteiger partial charge in [0.1, 0.15) is 5.82 Å². The molecule has 1 aromatic carbocycles. The Morgan fingerprint density at radius 3 is 2.65 bits per heavy atom. The predicted octanol–water partition coefficient (Wildman–Crippen LogP) is 2.42. The summed E-state index contributed by atoms with van der Waals surface area (Å²) in [4.78, 5) is 15.1. The van der Waals surface area contributed by atoms with Crippen molar-refractivity contribution in [1.82, 2.24) is 14.9 Å². The fraction of sp³-hybridized carbons (Fsp3) is 0.385. The van der Waals surface area contributed by atoms with E-state index < -0.39 is 0 Å². The summed E-state index contributed by atoms with van der Waals surface area (Å²) < 4.78 is 2.16. The molecule has 1 unspecified atom stereocenters. The number of fused-ring (bicyclic) bond motifs is 1. The third-order valence-electron chi connectivity index (χ3n) is 2.84. The minimum absolute atomic E-state index is 0.0812. The van der Waals surface area contributed by atoms with Crippen LogP contribution in [0.25, 0.3) is 11.0 Å². The highest BCUT2D eigenvalue weighted by Crippen LogP contribution is 2.24. The van der Waals surface area contributed by atoms with Gasteiger partial charge in [0.25, 0.3) is 0 Å². The number of amides is 1. The van der Waals surface area contributed by atoms with Crippen LogP contribution in [0.15, 0.2) is 24.3 Å². The van der Waals surface area contributed by atoms with E-state index in [0.29, 0.717) is 12.5 Å². The Kier molecular flexibility index (Phi) is 3.13. The number of benzene rings is 1. The van der Waals surface area contributed by atoms with Gasteiger partial charge >= 0.3 is 0 Å². The summed E-state index contributed by atoms with van der Waals surface area (Å²) in [5.41, 5.74) is 2.08. The number of hydrogen-bond acceptors (Lipinski definition) is 2. The van der Waals surface area contributed by atoms with Gasteiger partial charge in [-0.25, -0.2) is 4.98 Å². The summed E-state index contributed by atoms with van der Waals surface area (Å²) >= 11 is 0. The zero-order chi connectivity index (χ0) is 12.4. The molecule has 0 saturated heterocycles. The molecule has 90 valence electrons. The Labute approximate surface area is 101 Å². The van der Waals surface area contributed by atoms with Gasteiger partial charge in [0.2, 0.25) is 6.41 Å². The highest BCUT2D eigenvalue weighted by molar-refractivity contribution is 5.76. The minimum atomic E-state index is -0.0812. The van der Waals surface area contributed by atoms with Crippen LogP contribution in [0, 0.1) is 0 Å². The molecule has 0 aliphatic heterocycles. The summed E-state index contributed by atoms with van der Waals surface area (Å²) in [6.07, 6.45) is 0.717. The van der Waals surface area contributed by atoms with Gasteiger partial charge in [-0.2, -0.15) is 0 Å². The highest BCUT2D eigenvalue weighted by atomic mass is 16.1. The number of nitrogens with zero attached hydrogens (tertiary/aromatic N) is 2. The lowest BCUT2D eigenvalue weighted by atomic mass is 10.2. The van der Waals surface area contributed by atoms with Gasteiger partial charge in [-0.1, -0.05) is 12.1 Å². The molecule has 1 heterocycles. The smallest absolute Gasteiger partial charge is 0.207 e. The molecule has 4 nitrogen and oxygen atoms in total. The van der Waals surface area contributed by atoms with E-state index in [1.54, 1.807) is 0 Å². The molecule has 0 aliphatic rings. The summed E-state index contributed by atoms with van der Waals surface area (Å²) in [6.45, 7) is 6.17. The van der Waals surface area contributed by atoms with Gasteiger partial charge in [0.15, 0.2) is 0 Å². The van der Waals surface area contributed by atoms with Crippen LogP contribution in [-0.4, -0.2) is 16.0 Å². The molecule has 1 aromatic heterocycles. The van der Waals surface area contributed by atoms with Gasteiger partial charge in [0, 0.05) is 6.04 Å². The maximum atomic E-state index is 10.5. The third-order valence-corrected chi connectivity index (χ3v) is 2.84. The number of imidazole rings is 1. The van der Waals surface area contributed by atoms with Crippen molar-refractivity contribution in [3.63, 3.8) is 0 Å². The molecular weight excluding hydrogens is 214 g/mol. The molecule has 17 heavy (non-hydrogen) atoms. The Hall–Kier alpha value is -1.84. The number of rotatable bonds is 4. The van der Waals surface area contributed by atoms with Crippen LogP contribution < -0.4 is 5.32 Å². The minimum Gasteiger partial charge on any atom is -0.349 e. The van der Waals surface area contributed by atoms with E-state index >= 15 is 0 Å². The van der Waals surface area contributed by atoms with E-state index in [-0.39, 0.29) is 6.04 Å². The fourth-order valence-electron chi connectivity index (χ4n) is 2.09.